The van der Waals surface area contributed by atoms with Gasteiger partial charge in [-0.1, -0.05) is 18.2 Å². The van der Waals surface area contributed by atoms with E-state index in [0.29, 0.717) is 24.6 Å². The quantitative estimate of drug-likeness (QED) is 0.773. The number of anilines is 1. The standard InChI is InChI=1S/C22H26FN3O2/c1-16-4-2-3-5-20(16)22(28)24-12-10-21(27)25-14-17-11-13-26(15-17)19-8-6-18(23)7-9-19/h2-9,17H,10-15H2,1H3,(H,24,28)(H,25,27). The summed E-state index contributed by atoms with van der Waals surface area (Å²) in [5, 5.41) is 5.75. The predicted octanol–water partition coefficient (Wildman–Crippen LogP) is 2.90. The minimum atomic E-state index is -0.235. The molecule has 1 fully saturated rings. The van der Waals surface area contributed by atoms with Gasteiger partial charge in [0.25, 0.3) is 5.91 Å². The molecule has 0 radical (unpaired) electrons. The van der Waals surface area contributed by atoms with Crippen LogP contribution in [-0.4, -0.2) is 38.0 Å². The number of aryl methyl sites for hydroxylation is 1. The molecule has 1 heterocycles. The number of halogens is 1. The minimum absolute atomic E-state index is 0.0645. The summed E-state index contributed by atoms with van der Waals surface area (Å²) in [6, 6.07) is 13.9. The first-order valence-electron chi connectivity index (χ1n) is 9.64. The lowest BCUT2D eigenvalue weighted by atomic mass is 10.1. The molecule has 1 aliphatic heterocycles. The molecular weight excluding hydrogens is 357 g/mol. The lowest BCUT2D eigenvalue weighted by Crippen LogP contribution is -2.34. The Balaban J connectivity index is 1.35. The summed E-state index contributed by atoms with van der Waals surface area (Å²) in [5.41, 5.74) is 2.56. The number of hydrogen-bond donors (Lipinski definition) is 2. The molecule has 5 nitrogen and oxygen atoms in total. The summed E-state index contributed by atoms with van der Waals surface area (Å²) < 4.78 is 13.0. The number of rotatable bonds is 7. The van der Waals surface area contributed by atoms with Crippen molar-refractivity contribution in [1.82, 2.24) is 10.6 Å². The van der Waals surface area contributed by atoms with Gasteiger partial charge in [0.15, 0.2) is 0 Å². The Bertz CT molecular complexity index is 823. The average Bonchev–Trinajstić information content (AvgIpc) is 3.16. The number of amides is 2. The highest BCUT2D eigenvalue weighted by molar-refractivity contribution is 5.95. The highest BCUT2D eigenvalue weighted by Crippen LogP contribution is 2.23. The molecular formula is C22H26FN3O2. The third kappa shape index (κ3) is 5.31. The molecule has 1 saturated heterocycles. The Morgan fingerprint density at radius 1 is 1.11 bits per heavy atom. The monoisotopic (exact) mass is 383 g/mol. The Kier molecular flexibility index (Phi) is 6.63. The van der Waals surface area contributed by atoms with Gasteiger partial charge in [-0.15, -0.1) is 0 Å². The fraction of sp³-hybridized carbons (Fsp3) is 0.364. The van der Waals surface area contributed by atoms with Crippen molar-refractivity contribution >= 4 is 17.5 Å². The molecule has 1 aliphatic rings. The van der Waals surface area contributed by atoms with Crippen molar-refractivity contribution in [2.24, 2.45) is 5.92 Å². The van der Waals surface area contributed by atoms with Gasteiger partial charge in [0.1, 0.15) is 5.82 Å². The zero-order valence-corrected chi connectivity index (χ0v) is 16.1. The van der Waals surface area contributed by atoms with Gasteiger partial charge in [-0.2, -0.15) is 0 Å². The van der Waals surface area contributed by atoms with Crippen LogP contribution in [-0.2, 0) is 4.79 Å². The van der Waals surface area contributed by atoms with Gasteiger partial charge in [-0.3, -0.25) is 9.59 Å². The second-order valence-electron chi connectivity index (χ2n) is 7.20. The molecule has 0 aromatic heterocycles. The third-order valence-electron chi connectivity index (χ3n) is 5.09. The first-order valence-corrected chi connectivity index (χ1v) is 9.64. The summed E-state index contributed by atoms with van der Waals surface area (Å²) in [4.78, 5) is 26.4. The van der Waals surface area contributed by atoms with E-state index in [1.165, 1.54) is 12.1 Å². The maximum absolute atomic E-state index is 13.0. The molecule has 2 amide bonds. The Hall–Kier alpha value is -2.89. The Morgan fingerprint density at radius 3 is 2.61 bits per heavy atom. The number of nitrogens with zero attached hydrogens (tertiary/aromatic N) is 1. The highest BCUT2D eigenvalue weighted by Gasteiger charge is 2.23. The maximum Gasteiger partial charge on any atom is 0.251 e. The van der Waals surface area contributed by atoms with E-state index < -0.39 is 0 Å². The number of hydrogen-bond acceptors (Lipinski definition) is 3. The van der Waals surface area contributed by atoms with Crippen molar-refractivity contribution in [3.8, 4) is 0 Å². The van der Waals surface area contributed by atoms with Crippen LogP contribution in [0.25, 0.3) is 0 Å². The Labute approximate surface area is 164 Å². The smallest absolute Gasteiger partial charge is 0.251 e. The predicted molar refractivity (Wildman–Crippen MR) is 108 cm³/mol. The van der Waals surface area contributed by atoms with Crippen LogP contribution in [0.3, 0.4) is 0 Å². The molecule has 2 aromatic carbocycles. The van der Waals surface area contributed by atoms with Crippen LogP contribution >= 0.6 is 0 Å². The van der Waals surface area contributed by atoms with E-state index in [-0.39, 0.29) is 24.1 Å². The zero-order valence-electron chi connectivity index (χ0n) is 16.1. The average molecular weight is 383 g/mol. The second-order valence-corrected chi connectivity index (χ2v) is 7.20. The van der Waals surface area contributed by atoms with Crippen LogP contribution in [0.5, 0.6) is 0 Å². The van der Waals surface area contributed by atoms with E-state index in [0.717, 1.165) is 30.8 Å². The molecule has 1 atom stereocenters. The largest absolute Gasteiger partial charge is 0.371 e. The molecule has 0 aliphatic carbocycles. The number of nitrogens with one attached hydrogen (secondary N) is 2. The topological polar surface area (TPSA) is 61.4 Å². The normalized spacial score (nSPS) is 16.1. The van der Waals surface area contributed by atoms with Gasteiger partial charge in [-0.05, 0) is 55.2 Å². The van der Waals surface area contributed by atoms with Gasteiger partial charge >= 0.3 is 0 Å². The summed E-state index contributed by atoms with van der Waals surface area (Å²) in [7, 11) is 0. The van der Waals surface area contributed by atoms with Crippen molar-refractivity contribution in [3.05, 3.63) is 65.5 Å². The molecule has 148 valence electrons. The summed E-state index contributed by atoms with van der Waals surface area (Å²) >= 11 is 0. The first-order chi connectivity index (χ1) is 13.5. The maximum atomic E-state index is 13.0. The van der Waals surface area contributed by atoms with Crippen molar-refractivity contribution in [2.45, 2.75) is 19.8 Å². The number of benzene rings is 2. The lowest BCUT2D eigenvalue weighted by Gasteiger charge is -2.18. The molecule has 6 heteroatoms. The fourth-order valence-electron chi connectivity index (χ4n) is 3.44. The lowest BCUT2D eigenvalue weighted by molar-refractivity contribution is -0.121. The van der Waals surface area contributed by atoms with Crippen LogP contribution in [0.1, 0.15) is 28.8 Å². The first kappa shape index (κ1) is 19.9. The number of carbonyl (C=O) groups is 2. The van der Waals surface area contributed by atoms with Gasteiger partial charge < -0.3 is 15.5 Å². The summed E-state index contributed by atoms with van der Waals surface area (Å²) in [5.74, 6) is -0.0845. The van der Waals surface area contributed by atoms with E-state index in [1.807, 2.05) is 25.1 Å². The molecule has 2 N–H and O–H groups in total. The van der Waals surface area contributed by atoms with Gasteiger partial charge in [0.05, 0.1) is 0 Å². The van der Waals surface area contributed by atoms with E-state index >= 15 is 0 Å². The van der Waals surface area contributed by atoms with E-state index in [1.54, 1.807) is 18.2 Å². The van der Waals surface area contributed by atoms with Crippen molar-refractivity contribution in [2.75, 3.05) is 31.1 Å². The van der Waals surface area contributed by atoms with E-state index in [9.17, 15) is 14.0 Å². The van der Waals surface area contributed by atoms with Crippen LogP contribution < -0.4 is 15.5 Å². The third-order valence-corrected chi connectivity index (χ3v) is 5.09. The summed E-state index contributed by atoms with van der Waals surface area (Å²) in [6.07, 6.45) is 1.24. The zero-order chi connectivity index (χ0) is 19.9. The number of carbonyl (C=O) groups excluding carboxylic acids is 2. The molecule has 3 rings (SSSR count). The molecule has 28 heavy (non-hydrogen) atoms. The van der Waals surface area contributed by atoms with Gasteiger partial charge in [0.2, 0.25) is 5.91 Å². The van der Waals surface area contributed by atoms with Crippen LogP contribution in [0, 0.1) is 18.7 Å². The van der Waals surface area contributed by atoms with Crippen molar-refractivity contribution < 1.29 is 14.0 Å². The van der Waals surface area contributed by atoms with Crippen molar-refractivity contribution in [1.29, 1.82) is 0 Å². The Morgan fingerprint density at radius 2 is 1.86 bits per heavy atom. The fourth-order valence-corrected chi connectivity index (χ4v) is 3.44. The SMILES string of the molecule is Cc1ccccc1C(=O)NCCC(=O)NCC1CCN(c2ccc(F)cc2)C1. The van der Waals surface area contributed by atoms with E-state index in [2.05, 4.69) is 15.5 Å². The molecule has 0 spiro atoms. The van der Waals surface area contributed by atoms with Crippen molar-refractivity contribution in [3.63, 3.8) is 0 Å². The van der Waals surface area contributed by atoms with E-state index in [4.69, 9.17) is 0 Å². The minimum Gasteiger partial charge on any atom is -0.371 e. The van der Waals surface area contributed by atoms with Gasteiger partial charge in [0, 0.05) is 43.9 Å². The molecule has 0 bridgehead atoms. The summed E-state index contributed by atoms with van der Waals surface area (Å²) in [6.45, 7) is 4.56. The van der Waals surface area contributed by atoms with Crippen LogP contribution in [0.4, 0.5) is 10.1 Å². The second kappa shape index (κ2) is 9.35. The molecule has 2 aromatic rings. The van der Waals surface area contributed by atoms with Crippen LogP contribution in [0.2, 0.25) is 0 Å². The highest BCUT2D eigenvalue weighted by atomic mass is 19.1. The van der Waals surface area contributed by atoms with Crippen LogP contribution in [0.15, 0.2) is 48.5 Å². The molecule has 0 saturated carbocycles. The van der Waals surface area contributed by atoms with Gasteiger partial charge in [-0.25, -0.2) is 4.39 Å². The molecule has 1 unspecified atom stereocenters.